The number of hydrogen-bond donors (Lipinski definition) is 2. The standard InChI is InChI=1S/C22H25N3O3/c26-20(27)22-11-6-9-17(22)14-25(15-22)21(28)24-19(16-7-2-1-3-8-16)13-18-10-4-5-12-23-18/h1-5,7-8,10,12,17,19H,6,9,11,13-15H2,(H,24,28)(H,26,27)/t17-,19?,22+/m0/s1. The van der Waals surface area contributed by atoms with Gasteiger partial charge in [-0.15, -0.1) is 0 Å². The molecular formula is C22H25N3O3. The van der Waals surface area contributed by atoms with Gasteiger partial charge in [-0.1, -0.05) is 42.8 Å². The van der Waals surface area contributed by atoms with Crippen molar-refractivity contribution in [3.63, 3.8) is 0 Å². The number of nitrogens with zero attached hydrogens (tertiary/aromatic N) is 2. The van der Waals surface area contributed by atoms with Crippen LogP contribution in [0.15, 0.2) is 54.7 Å². The van der Waals surface area contributed by atoms with Crippen molar-refractivity contribution in [2.75, 3.05) is 13.1 Å². The smallest absolute Gasteiger partial charge is 0.317 e. The van der Waals surface area contributed by atoms with E-state index in [1.54, 1.807) is 11.1 Å². The van der Waals surface area contributed by atoms with Crippen LogP contribution in [0.2, 0.25) is 0 Å². The van der Waals surface area contributed by atoms with Crippen molar-refractivity contribution in [2.24, 2.45) is 11.3 Å². The molecule has 1 aromatic heterocycles. The summed E-state index contributed by atoms with van der Waals surface area (Å²) in [4.78, 5) is 31.0. The maximum Gasteiger partial charge on any atom is 0.317 e. The fourth-order valence-electron chi connectivity index (χ4n) is 4.70. The monoisotopic (exact) mass is 379 g/mol. The molecule has 2 aromatic rings. The number of likely N-dealkylation sites (tertiary alicyclic amines) is 1. The third-order valence-electron chi connectivity index (χ3n) is 6.22. The van der Waals surface area contributed by atoms with E-state index in [0.717, 1.165) is 24.1 Å². The van der Waals surface area contributed by atoms with Crippen molar-refractivity contribution >= 4 is 12.0 Å². The zero-order valence-electron chi connectivity index (χ0n) is 15.8. The predicted octanol–water partition coefficient (Wildman–Crippen LogP) is 3.26. The molecule has 1 saturated heterocycles. The molecule has 3 atom stereocenters. The number of nitrogens with one attached hydrogen (secondary N) is 1. The first kappa shape index (κ1) is 18.5. The van der Waals surface area contributed by atoms with Crippen LogP contribution in [0.5, 0.6) is 0 Å². The second kappa shape index (κ2) is 7.62. The number of aromatic nitrogens is 1. The Morgan fingerprint density at radius 3 is 2.68 bits per heavy atom. The van der Waals surface area contributed by atoms with Gasteiger partial charge in [0, 0.05) is 31.4 Å². The van der Waals surface area contributed by atoms with Gasteiger partial charge in [0.2, 0.25) is 0 Å². The fraction of sp³-hybridized carbons (Fsp3) is 0.409. The number of carbonyl (C=O) groups is 2. The molecule has 6 nitrogen and oxygen atoms in total. The molecule has 1 saturated carbocycles. The minimum Gasteiger partial charge on any atom is -0.481 e. The van der Waals surface area contributed by atoms with Crippen molar-refractivity contribution in [3.8, 4) is 0 Å². The average molecular weight is 379 g/mol. The Bertz CT molecular complexity index is 843. The number of aliphatic carboxylic acids is 1. The van der Waals surface area contributed by atoms with Gasteiger partial charge >= 0.3 is 12.0 Å². The Balaban J connectivity index is 1.51. The molecule has 1 aliphatic heterocycles. The first-order chi connectivity index (χ1) is 13.6. The van der Waals surface area contributed by atoms with Crippen LogP contribution in [0.3, 0.4) is 0 Å². The molecule has 146 valence electrons. The number of benzene rings is 1. The van der Waals surface area contributed by atoms with Crippen LogP contribution in [-0.2, 0) is 11.2 Å². The third kappa shape index (κ3) is 3.46. The highest BCUT2D eigenvalue weighted by atomic mass is 16.4. The number of amides is 2. The van der Waals surface area contributed by atoms with Gasteiger partial charge in [0.25, 0.3) is 0 Å². The SMILES string of the molecule is O=C(NC(Cc1ccccn1)c1ccccc1)N1C[C@@H]2CCC[C@@]2(C(=O)O)C1. The van der Waals surface area contributed by atoms with E-state index in [2.05, 4.69) is 10.3 Å². The van der Waals surface area contributed by atoms with Gasteiger partial charge in [-0.3, -0.25) is 9.78 Å². The number of rotatable bonds is 5. The van der Waals surface area contributed by atoms with Gasteiger partial charge in [0.1, 0.15) is 0 Å². The lowest BCUT2D eigenvalue weighted by atomic mass is 9.81. The van der Waals surface area contributed by atoms with E-state index in [1.807, 2.05) is 48.5 Å². The minimum absolute atomic E-state index is 0.0571. The van der Waals surface area contributed by atoms with Gasteiger partial charge < -0.3 is 15.3 Å². The molecular weight excluding hydrogens is 354 g/mol. The van der Waals surface area contributed by atoms with Crippen molar-refractivity contribution in [3.05, 3.63) is 66.0 Å². The summed E-state index contributed by atoms with van der Waals surface area (Å²) in [6.07, 6.45) is 4.80. The fourth-order valence-corrected chi connectivity index (χ4v) is 4.70. The van der Waals surface area contributed by atoms with E-state index in [1.165, 1.54) is 0 Å². The summed E-state index contributed by atoms with van der Waals surface area (Å²) in [6, 6.07) is 15.2. The summed E-state index contributed by atoms with van der Waals surface area (Å²) in [5.41, 5.74) is 1.14. The molecule has 0 bridgehead atoms. The molecule has 0 radical (unpaired) electrons. The minimum atomic E-state index is -0.765. The van der Waals surface area contributed by atoms with Crippen molar-refractivity contribution in [1.29, 1.82) is 0 Å². The maximum atomic E-state index is 13.0. The third-order valence-corrected chi connectivity index (χ3v) is 6.22. The number of fused-ring (bicyclic) bond motifs is 1. The lowest BCUT2D eigenvalue weighted by Crippen LogP contribution is -2.43. The molecule has 2 heterocycles. The van der Waals surface area contributed by atoms with Crippen molar-refractivity contribution < 1.29 is 14.7 Å². The zero-order chi connectivity index (χ0) is 19.6. The number of hydrogen-bond acceptors (Lipinski definition) is 3. The molecule has 0 spiro atoms. The highest BCUT2D eigenvalue weighted by Crippen LogP contribution is 2.48. The molecule has 2 amide bonds. The Morgan fingerprint density at radius 1 is 1.21 bits per heavy atom. The molecule has 2 fully saturated rings. The van der Waals surface area contributed by atoms with E-state index in [4.69, 9.17) is 0 Å². The Labute approximate surface area is 164 Å². The summed E-state index contributed by atoms with van der Waals surface area (Å²) >= 11 is 0. The normalized spacial score (nSPS) is 24.6. The lowest BCUT2D eigenvalue weighted by Gasteiger charge is -2.26. The Hall–Kier alpha value is -2.89. The topological polar surface area (TPSA) is 82.5 Å². The molecule has 28 heavy (non-hydrogen) atoms. The van der Waals surface area contributed by atoms with Gasteiger partial charge in [-0.25, -0.2) is 4.79 Å². The van der Waals surface area contributed by atoms with E-state index in [9.17, 15) is 14.7 Å². The molecule has 6 heteroatoms. The van der Waals surface area contributed by atoms with E-state index < -0.39 is 11.4 Å². The number of pyridine rings is 1. The second-order valence-electron chi connectivity index (χ2n) is 7.87. The van der Waals surface area contributed by atoms with Crippen LogP contribution >= 0.6 is 0 Å². The highest BCUT2D eigenvalue weighted by Gasteiger charge is 2.55. The number of carboxylic acid groups (broad SMARTS) is 1. The lowest BCUT2D eigenvalue weighted by molar-refractivity contribution is -0.149. The molecule has 1 aliphatic carbocycles. The Morgan fingerprint density at radius 2 is 2.00 bits per heavy atom. The van der Waals surface area contributed by atoms with Crippen LogP contribution in [-0.4, -0.2) is 40.1 Å². The molecule has 1 aromatic carbocycles. The summed E-state index contributed by atoms with van der Waals surface area (Å²) in [5.74, 6) is -0.708. The number of carbonyl (C=O) groups excluding carboxylic acids is 1. The first-order valence-corrected chi connectivity index (χ1v) is 9.82. The first-order valence-electron chi connectivity index (χ1n) is 9.82. The van der Waals surface area contributed by atoms with E-state index in [-0.39, 0.29) is 18.0 Å². The van der Waals surface area contributed by atoms with Crippen LogP contribution in [0, 0.1) is 11.3 Å². The average Bonchev–Trinajstić information content (AvgIpc) is 3.28. The van der Waals surface area contributed by atoms with E-state index in [0.29, 0.717) is 25.9 Å². The summed E-state index contributed by atoms with van der Waals surface area (Å²) in [5, 5.41) is 12.9. The maximum absolute atomic E-state index is 13.0. The number of carboxylic acids is 1. The van der Waals surface area contributed by atoms with Gasteiger partial charge in [-0.05, 0) is 36.5 Å². The van der Waals surface area contributed by atoms with Gasteiger partial charge in [0.05, 0.1) is 11.5 Å². The molecule has 1 unspecified atom stereocenters. The summed E-state index contributed by atoms with van der Waals surface area (Å²) < 4.78 is 0. The van der Waals surface area contributed by atoms with Gasteiger partial charge in [0.15, 0.2) is 0 Å². The van der Waals surface area contributed by atoms with Crippen molar-refractivity contribution in [1.82, 2.24) is 15.2 Å². The largest absolute Gasteiger partial charge is 0.481 e. The number of urea groups is 1. The summed E-state index contributed by atoms with van der Waals surface area (Å²) in [6.45, 7) is 0.813. The highest BCUT2D eigenvalue weighted by molar-refractivity contribution is 5.80. The van der Waals surface area contributed by atoms with Crippen LogP contribution in [0.25, 0.3) is 0 Å². The van der Waals surface area contributed by atoms with Crippen LogP contribution in [0.4, 0.5) is 4.79 Å². The van der Waals surface area contributed by atoms with Crippen LogP contribution < -0.4 is 5.32 Å². The summed E-state index contributed by atoms with van der Waals surface area (Å²) in [7, 11) is 0. The second-order valence-corrected chi connectivity index (χ2v) is 7.87. The van der Waals surface area contributed by atoms with E-state index >= 15 is 0 Å². The van der Waals surface area contributed by atoms with Crippen molar-refractivity contribution in [2.45, 2.75) is 31.7 Å². The Kier molecular flexibility index (Phi) is 5.03. The zero-order valence-corrected chi connectivity index (χ0v) is 15.8. The van der Waals surface area contributed by atoms with Crippen LogP contribution in [0.1, 0.15) is 36.6 Å². The van der Waals surface area contributed by atoms with Gasteiger partial charge in [-0.2, -0.15) is 0 Å². The molecule has 4 rings (SSSR count). The quantitative estimate of drug-likeness (QED) is 0.835. The predicted molar refractivity (Wildman–Crippen MR) is 105 cm³/mol. The molecule has 2 N–H and O–H groups in total. The molecule has 2 aliphatic rings.